The Morgan fingerprint density at radius 3 is 2.83 bits per heavy atom. The molecule has 0 spiro atoms. The number of piperazine rings is 1. The topological polar surface area (TPSA) is 102 Å². The van der Waals surface area contributed by atoms with Crippen LogP contribution in [0.2, 0.25) is 5.02 Å². The first-order valence-corrected chi connectivity index (χ1v) is 16.1. The van der Waals surface area contributed by atoms with E-state index in [1.54, 1.807) is 0 Å². The van der Waals surface area contributed by atoms with Crippen LogP contribution in [0.1, 0.15) is 44.6 Å². The summed E-state index contributed by atoms with van der Waals surface area (Å²) in [6.45, 7) is 3.70. The van der Waals surface area contributed by atoms with Gasteiger partial charge in [0.2, 0.25) is 12.3 Å². The van der Waals surface area contributed by atoms with Gasteiger partial charge in [-0.25, -0.2) is 26.9 Å². The number of nitrogens with one attached hydrogen (secondary N) is 1. The lowest BCUT2D eigenvalue weighted by Crippen LogP contribution is -2.62. The second-order valence-electron chi connectivity index (χ2n) is 13.2. The average Bonchev–Trinajstić information content (AvgIpc) is 3.65. The number of benzene rings is 1. The van der Waals surface area contributed by atoms with Gasteiger partial charge in [-0.2, -0.15) is 9.97 Å². The fourth-order valence-corrected chi connectivity index (χ4v) is 8.72. The minimum Gasteiger partial charge on any atom is -0.472 e. The van der Waals surface area contributed by atoms with Crippen molar-refractivity contribution in [1.29, 1.82) is 0 Å². The molecule has 7 heterocycles. The molecule has 9 nitrogen and oxygen atoms in total. The normalized spacial score (nSPS) is 30.1. The Hall–Kier alpha value is -3.23. The monoisotopic (exact) mass is 665 g/mol. The molecule has 0 aliphatic carbocycles. The van der Waals surface area contributed by atoms with E-state index in [9.17, 15) is 17.6 Å². The number of pyridine rings is 1. The summed E-state index contributed by atoms with van der Waals surface area (Å²) < 4.78 is 86.1. The number of hydrogen-bond acceptors (Lipinski definition) is 9. The lowest BCUT2D eigenvalue weighted by Gasteiger charge is -2.42. The van der Waals surface area contributed by atoms with Crippen molar-refractivity contribution in [1.82, 2.24) is 25.2 Å². The third-order valence-corrected chi connectivity index (χ3v) is 10.8. The van der Waals surface area contributed by atoms with Crippen LogP contribution in [-0.2, 0) is 6.42 Å². The van der Waals surface area contributed by atoms with Crippen LogP contribution in [-0.4, -0.2) is 88.5 Å². The van der Waals surface area contributed by atoms with Gasteiger partial charge in [-0.3, -0.25) is 4.90 Å². The number of nitrogen functional groups attached to an aromatic ring is 1. The summed E-state index contributed by atoms with van der Waals surface area (Å²) in [5, 5.41) is 3.22. The number of halogens is 6. The quantitative estimate of drug-likeness (QED) is 0.277. The number of ether oxygens (including phenoxy) is 2. The summed E-state index contributed by atoms with van der Waals surface area (Å²) in [4.78, 5) is 18.0. The molecule has 0 saturated carbocycles. The van der Waals surface area contributed by atoms with E-state index in [4.69, 9.17) is 31.8 Å². The van der Waals surface area contributed by atoms with Crippen LogP contribution in [0.3, 0.4) is 0 Å². The van der Waals surface area contributed by atoms with E-state index in [2.05, 4.69) is 25.1 Å². The summed E-state index contributed by atoms with van der Waals surface area (Å²) in [6, 6.07) is 1.02. The third kappa shape index (κ3) is 4.65. The first-order valence-electron chi connectivity index (χ1n) is 15.7. The maximum atomic E-state index is 16.8. The summed E-state index contributed by atoms with van der Waals surface area (Å²) in [5.41, 5.74) is 3.76. The van der Waals surface area contributed by atoms with E-state index >= 15 is 4.39 Å². The molecule has 0 amide bonds. The van der Waals surface area contributed by atoms with Crippen LogP contribution in [0.4, 0.5) is 33.5 Å². The van der Waals surface area contributed by atoms with Crippen LogP contribution in [0, 0.1) is 11.6 Å². The maximum absolute atomic E-state index is 16.8. The van der Waals surface area contributed by atoms with Crippen molar-refractivity contribution in [3.05, 3.63) is 28.3 Å². The van der Waals surface area contributed by atoms with E-state index in [-0.39, 0.29) is 58.7 Å². The standard InChI is InChI=1S/C31H33ClF5N7O2/c1-13-27-19-4-3-15(39-19)11-44(27)28-21-26(41-30(42-28)45-12-31-5-2-6-43(31)10-14(33)9-31)24(37)25(40-29(21)46-13)17-7-18(38)23(36)22(32)16(17)8-20(34)35/h7,13-15,19-20,27,39H,2-6,8-12,38H2,1H3/t13-,14+,15+,19-,27+,31-/m0/s1. The molecule has 2 bridgehead atoms. The number of alkyl halides is 3. The van der Waals surface area contributed by atoms with Crippen molar-refractivity contribution in [2.24, 2.45) is 0 Å². The average molecular weight is 666 g/mol. The lowest BCUT2D eigenvalue weighted by atomic mass is 9.95. The Balaban J connectivity index is 1.32. The number of hydrogen-bond donors (Lipinski definition) is 2. The Morgan fingerprint density at radius 1 is 1.20 bits per heavy atom. The number of fused-ring (bicyclic) bond motifs is 6. The fraction of sp³-hybridized carbons (Fsp3) is 0.581. The molecular formula is C31H33ClF5N7O2. The number of aromatic nitrogens is 3. The number of anilines is 2. The van der Waals surface area contributed by atoms with Gasteiger partial charge in [0.25, 0.3) is 0 Å². The van der Waals surface area contributed by atoms with Crippen LogP contribution in [0.15, 0.2) is 6.07 Å². The lowest BCUT2D eigenvalue weighted by molar-refractivity contribution is 0.107. The van der Waals surface area contributed by atoms with E-state index < -0.39 is 58.7 Å². The zero-order valence-electron chi connectivity index (χ0n) is 25.0. The van der Waals surface area contributed by atoms with Gasteiger partial charge < -0.3 is 25.4 Å². The molecule has 4 fully saturated rings. The Morgan fingerprint density at radius 2 is 2.02 bits per heavy atom. The zero-order chi connectivity index (χ0) is 32.1. The molecule has 0 radical (unpaired) electrons. The van der Waals surface area contributed by atoms with E-state index in [1.165, 1.54) is 0 Å². The van der Waals surface area contributed by atoms with Crippen molar-refractivity contribution in [2.75, 3.05) is 36.9 Å². The summed E-state index contributed by atoms with van der Waals surface area (Å²) in [5.74, 6) is -1.65. The van der Waals surface area contributed by atoms with Crippen molar-refractivity contribution >= 4 is 34.0 Å². The van der Waals surface area contributed by atoms with E-state index in [1.807, 2.05) is 6.92 Å². The SMILES string of the molecule is C[C@@H]1Oc2nc(-c3cc(N)c(F)c(Cl)c3CC(F)F)c(F)c3nc(OC[C@@]45CCCN4C[C@H](F)C5)nc(c23)N2C[C@H]3CC[C@H](N3)[C@@H]12. The summed E-state index contributed by atoms with van der Waals surface area (Å²) in [7, 11) is 0. The first-order chi connectivity index (χ1) is 22.0. The van der Waals surface area contributed by atoms with E-state index in [0.717, 1.165) is 38.3 Å². The molecule has 0 unspecified atom stereocenters. The van der Waals surface area contributed by atoms with Gasteiger partial charge >= 0.3 is 6.01 Å². The summed E-state index contributed by atoms with van der Waals surface area (Å²) in [6.07, 6.45) is -1.41. The highest BCUT2D eigenvalue weighted by atomic mass is 35.5. The van der Waals surface area contributed by atoms with Crippen molar-refractivity contribution in [3.8, 4) is 23.1 Å². The molecule has 3 aromatic rings. The van der Waals surface area contributed by atoms with Gasteiger partial charge in [-0.05, 0) is 50.8 Å². The highest BCUT2D eigenvalue weighted by Gasteiger charge is 2.50. The molecule has 8 rings (SSSR count). The molecule has 5 aliphatic heterocycles. The second kappa shape index (κ2) is 10.9. The van der Waals surface area contributed by atoms with Crippen molar-refractivity contribution in [2.45, 2.75) is 87.8 Å². The minimum absolute atomic E-state index is 0.00404. The highest BCUT2D eigenvalue weighted by Crippen LogP contribution is 2.46. The second-order valence-corrected chi connectivity index (χ2v) is 13.6. The molecule has 3 N–H and O–H groups in total. The Bertz CT molecular complexity index is 1740. The largest absolute Gasteiger partial charge is 0.472 e. The molecule has 46 heavy (non-hydrogen) atoms. The Kier molecular flexibility index (Phi) is 7.15. The molecule has 15 heteroatoms. The van der Waals surface area contributed by atoms with Crippen LogP contribution in [0.25, 0.3) is 22.2 Å². The van der Waals surface area contributed by atoms with E-state index in [0.29, 0.717) is 25.3 Å². The predicted octanol–water partition coefficient (Wildman–Crippen LogP) is 5.06. The highest BCUT2D eigenvalue weighted by molar-refractivity contribution is 6.32. The molecule has 6 atom stereocenters. The van der Waals surface area contributed by atoms with Gasteiger partial charge in [0, 0.05) is 43.6 Å². The smallest absolute Gasteiger partial charge is 0.319 e. The van der Waals surface area contributed by atoms with Crippen LogP contribution < -0.4 is 25.4 Å². The number of nitrogens with two attached hydrogens (primary N) is 1. The minimum atomic E-state index is -2.91. The fourth-order valence-electron chi connectivity index (χ4n) is 8.43. The molecule has 2 aromatic heterocycles. The third-order valence-electron chi connectivity index (χ3n) is 10.4. The van der Waals surface area contributed by atoms with Gasteiger partial charge in [0.15, 0.2) is 11.6 Å². The van der Waals surface area contributed by atoms with Crippen molar-refractivity contribution < 1.29 is 31.4 Å². The summed E-state index contributed by atoms with van der Waals surface area (Å²) >= 11 is 6.17. The van der Waals surface area contributed by atoms with Gasteiger partial charge in [0.05, 0.1) is 22.3 Å². The van der Waals surface area contributed by atoms with Gasteiger partial charge in [-0.15, -0.1) is 0 Å². The molecular weight excluding hydrogens is 633 g/mol. The first kappa shape index (κ1) is 30.1. The zero-order valence-corrected chi connectivity index (χ0v) is 25.8. The number of nitrogens with zero attached hydrogens (tertiary/aromatic N) is 5. The predicted molar refractivity (Wildman–Crippen MR) is 162 cm³/mol. The van der Waals surface area contributed by atoms with Gasteiger partial charge in [-0.1, -0.05) is 11.6 Å². The molecule has 4 saturated heterocycles. The van der Waals surface area contributed by atoms with Crippen LogP contribution in [0.5, 0.6) is 11.9 Å². The molecule has 1 aromatic carbocycles. The molecule has 246 valence electrons. The Labute approximate surface area is 266 Å². The maximum Gasteiger partial charge on any atom is 0.319 e. The van der Waals surface area contributed by atoms with Crippen molar-refractivity contribution in [3.63, 3.8) is 0 Å². The molecule has 5 aliphatic rings. The number of rotatable bonds is 6. The van der Waals surface area contributed by atoms with Gasteiger partial charge in [0.1, 0.15) is 41.3 Å². The van der Waals surface area contributed by atoms with Crippen LogP contribution >= 0.6 is 11.6 Å².